The molecule has 2 rings (SSSR count). The van der Waals surface area contributed by atoms with Crippen molar-refractivity contribution in [2.24, 2.45) is 0 Å². The van der Waals surface area contributed by atoms with E-state index in [-0.39, 0.29) is 10.8 Å². The summed E-state index contributed by atoms with van der Waals surface area (Å²) >= 11 is 1.12. The van der Waals surface area contributed by atoms with Gasteiger partial charge in [-0.15, -0.1) is 11.3 Å². The van der Waals surface area contributed by atoms with Crippen molar-refractivity contribution in [3.05, 3.63) is 52.9 Å². The molecule has 0 bridgehead atoms. The number of nitrogens with one attached hydrogen (secondary N) is 1. The molecule has 0 fully saturated rings. The average molecular weight is 297 g/mol. The van der Waals surface area contributed by atoms with Gasteiger partial charge in [0.2, 0.25) is 10.0 Å². The summed E-state index contributed by atoms with van der Waals surface area (Å²) in [6.07, 6.45) is 0.651. The fourth-order valence-electron chi connectivity index (χ4n) is 1.62. The summed E-state index contributed by atoms with van der Waals surface area (Å²) in [6, 6.07) is 11.2. The van der Waals surface area contributed by atoms with Gasteiger partial charge in [-0.25, -0.2) is 13.1 Å². The van der Waals surface area contributed by atoms with Crippen molar-refractivity contribution in [1.82, 2.24) is 4.72 Å². The standard InChI is InChI=1S/C13H15NO3S2/c15-9-12-8-13(18-10-12)19(16,17)14-7-6-11-4-2-1-3-5-11/h1-5,8,10,14-15H,6-7,9H2. The summed E-state index contributed by atoms with van der Waals surface area (Å²) in [5.41, 5.74) is 1.71. The zero-order chi connectivity index (χ0) is 13.7. The van der Waals surface area contributed by atoms with Gasteiger partial charge in [-0.05, 0) is 29.0 Å². The largest absolute Gasteiger partial charge is 0.392 e. The molecule has 0 amide bonds. The first-order valence-corrected chi connectivity index (χ1v) is 8.20. The van der Waals surface area contributed by atoms with Gasteiger partial charge in [0.1, 0.15) is 4.21 Å². The molecule has 0 aliphatic rings. The second-order valence-electron chi connectivity index (χ2n) is 4.07. The normalized spacial score (nSPS) is 11.6. The minimum absolute atomic E-state index is 0.143. The Balaban J connectivity index is 1.94. The molecule has 1 heterocycles. The maximum Gasteiger partial charge on any atom is 0.250 e. The molecule has 0 atom stereocenters. The molecule has 4 nitrogen and oxygen atoms in total. The Kier molecular flexibility index (Phi) is 4.71. The molecule has 1 aromatic carbocycles. The molecule has 0 aliphatic heterocycles. The number of sulfonamides is 1. The predicted molar refractivity (Wildman–Crippen MR) is 75.6 cm³/mol. The van der Waals surface area contributed by atoms with E-state index in [1.807, 2.05) is 30.3 Å². The van der Waals surface area contributed by atoms with Crippen LogP contribution in [0.2, 0.25) is 0 Å². The lowest BCUT2D eigenvalue weighted by Gasteiger charge is -2.04. The van der Waals surface area contributed by atoms with E-state index in [0.717, 1.165) is 16.9 Å². The van der Waals surface area contributed by atoms with Crippen LogP contribution in [-0.4, -0.2) is 20.1 Å². The molecule has 0 saturated heterocycles. The second-order valence-corrected chi connectivity index (χ2v) is 6.97. The average Bonchev–Trinajstić information content (AvgIpc) is 2.89. The van der Waals surface area contributed by atoms with Gasteiger partial charge in [-0.2, -0.15) is 0 Å². The number of rotatable bonds is 6. The zero-order valence-electron chi connectivity index (χ0n) is 10.2. The third-order valence-corrected chi connectivity index (χ3v) is 5.58. The van der Waals surface area contributed by atoms with Crippen LogP contribution in [0.4, 0.5) is 0 Å². The zero-order valence-corrected chi connectivity index (χ0v) is 11.9. The van der Waals surface area contributed by atoms with Crippen LogP contribution >= 0.6 is 11.3 Å². The highest BCUT2D eigenvalue weighted by Crippen LogP contribution is 2.19. The molecule has 102 valence electrons. The van der Waals surface area contributed by atoms with Crippen LogP contribution in [-0.2, 0) is 23.1 Å². The number of aliphatic hydroxyl groups is 1. The topological polar surface area (TPSA) is 66.4 Å². The van der Waals surface area contributed by atoms with Crippen LogP contribution in [0.1, 0.15) is 11.1 Å². The van der Waals surface area contributed by atoms with Crippen molar-refractivity contribution in [3.63, 3.8) is 0 Å². The van der Waals surface area contributed by atoms with Crippen molar-refractivity contribution >= 4 is 21.4 Å². The third kappa shape index (κ3) is 3.87. The first-order valence-electron chi connectivity index (χ1n) is 5.84. The summed E-state index contributed by atoms with van der Waals surface area (Å²) < 4.78 is 26.7. The van der Waals surface area contributed by atoms with Crippen molar-refractivity contribution in [3.8, 4) is 0 Å². The highest BCUT2D eigenvalue weighted by atomic mass is 32.2. The Labute approximate surface area is 116 Å². The van der Waals surface area contributed by atoms with E-state index < -0.39 is 10.0 Å². The van der Waals surface area contributed by atoms with Crippen molar-refractivity contribution in [2.45, 2.75) is 17.2 Å². The Hall–Kier alpha value is -1.21. The van der Waals surface area contributed by atoms with E-state index in [1.54, 1.807) is 5.38 Å². The molecular formula is C13H15NO3S2. The summed E-state index contributed by atoms with van der Waals surface area (Å²) in [5, 5.41) is 10.6. The first-order chi connectivity index (χ1) is 9.12. The van der Waals surface area contributed by atoms with Gasteiger partial charge < -0.3 is 5.11 Å². The van der Waals surface area contributed by atoms with Gasteiger partial charge in [-0.3, -0.25) is 0 Å². The molecule has 6 heteroatoms. The molecular weight excluding hydrogens is 282 g/mol. The van der Waals surface area contributed by atoms with Crippen molar-refractivity contribution in [1.29, 1.82) is 0 Å². The van der Waals surface area contributed by atoms with Crippen LogP contribution < -0.4 is 4.72 Å². The Morgan fingerprint density at radius 3 is 2.53 bits per heavy atom. The Morgan fingerprint density at radius 2 is 1.89 bits per heavy atom. The number of hydrogen-bond acceptors (Lipinski definition) is 4. The van der Waals surface area contributed by atoms with Gasteiger partial charge in [0.05, 0.1) is 6.61 Å². The number of aliphatic hydroxyl groups excluding tert-OH is 1. The molecule has 0 saturated carbocycles. The van der Waals surface area contributed by atoms with E-state index >= 15 is 0 Å². The summed E-state index contributed by atoms with van der Waals surface area (Å²) in [5.74, 6) is 0. The number of thiophene rings is 1. The molecule has 19 heavy (non-hydrogen) atoms. The van der Waals surface area contributed by atoms with Crippen molar-refractivity contribution in [2.75, 3.05) is 6.54 Å². The van der Waals surface area contributed by atoms with E-state index in [9.17, 15) is 8.42 Å². The maximum absolute atomic E-state index is 12.0. The Morgan fingerprint density at radius 1 is 1.16 bits per heavy atom. The van der Waals surface area contributed by atoms with Crippen LogP contribution in [0.15, 0.2) is 46.0 Å². The van der Waals surface area contributed by atoms with Crippen LogP contribution in [0.5, 0.6) is 0 Å². The summed E-state index contributed by atoms with van der Waals surface area (Å²) in [6.45, 7) is 0.217. The van der Waals surface area contributed by atoms with E-state index in [0.29, 0.717) is 18.5 Å². The minimum Gasteiger partial charge on any atom is -0.392 e. The SMILES string of the molecule is O=S(=O)(NCCc1ccccc1)c1cc(CO)cs1. The first kappa shape index (κ1) is 14.2. The lowest BCUT2D eigenvalue weighted by Crippen LogP contribution is -2.25. The van der Waals surface area contributed by atoms with E-state index in [4.69, 9.17) is 5.11 Å². The quantitative estimate of drug-likeness (QED) is 0.854. The summed E-state index contributed by atoms with van der Waals surface area (Å²) in [4.78, 5) is 0. The molecule has 0 spiro atoms. The minimum atomic E-state index is -3.46. The van der Waals surface area contributed by atoms with Crippen LogP contribution in [0.25, 0.3) is 0 Å². The smallest absolute Gasteiger partial charge is 0.250 e. The fraction of sp³-hybridized carbons (Fsp3) is 0.231. The molecule has 2 N–H and O–H groups in total. The highest BCUT2D eigenvalue weighted by molar-refractivity contribution is 7.91. The van der Waals surface area contributed by atoms with Gasteiger partial charge in [0.25, 0.3) is 0 Å². The second kappa shape index (κ2) is 6.29. The summed E-state index contributed by atoms with van der Waals surface area (Å²) in [7, 11) is -3.46. The number of hydrogen-bond donors (Lipinski definition) is 2. The predicted octanol–water partition coefficient (Wildman–Crippen LogP) is 1.76. The van der Waals surface area contributed by atoms with Gasteiger partial charge in [0.15, 0.2) is 0 Å². The molecule has 0 unspecified atom stereocenters. The molecule has 0 radical (unpaired) electrons. The lowest BCUT2D eigenvalue weighted by atomic mass is 10.2. The van der Waals surface area contributed by atoms with Gasteiger partial charge in [0, 0.05) is 6.54 Å². The molecule has 1 aromatic heterocycles. The molecule has 2 aromatic rings. The maximum atomic E-state index is 12.0. The van der Waals surface area contributed by atoms with Gasteiger partial charge >= 0.3 is 0 Å². The lowest BCUT2D eigenvalue weighted by molar-refractivity contribution is 0.282. The van der Waals surface area contributed by atoms with Gasteiger partial charge in [-0.1, -0.05) is 30.3 Å². The monoisotopic (exact) mass is 297 g/mol. The van der Waals surface area contributed by atoms with E-state index in [1.165, 1.54) is 6.07 Å². The third-order valence-electron chi connectivity index (χ3n) is 2.63. The number of benzene rings is 1. The van der Waals surface area contributed by atoms with Crippen LogP contribution in [0, 0.1) is 0 Å². The Bertz CT molecular complexity index is 620. The van der Waals surface area contributed by atoms with Crippen molar-refractivity contribution < 1.29 is 13.5 Å². The highest BCUT2D eigenvalue weighted by Gasteiger charge is 2.15. The fourth-order valence-corrected chi connectivity index (χ4v) is 3.90. The molecule has 0 aliphatic carbocycles. The van der Waals surface area contributed by atoms with E-state index in [2.05, 4.69) is 4.72 Å². The van der Waals surface area contributed by atoms with Crippen LogP contribution in [0.3, 0.4) is 0 Å².